The minimum Gasteiger partial charge on any atom is -0.487 e. The maximum Gasteiger partial charge on any atom is 0.266 e. The number of nitrogens with zero attached hydrogens (tertiary/aromatic N) is 1. The molecule has 4 nitrogen and oxygen atoms in total. The van der Waals surface area contributed by atoms with E-state index in [4.69, 9.17) is 4.74 Å². The van der Waals surface area contributed by atoms with Gasteiger partial charge in [-0.1, -0.05) is 60.2 Å². The summed E-state index contributed by atoms with van der Waals surface area (Å²) in [5.41, 5.74) is 4.42. The molecule has 0 unspecified atom stereocenters. The van der Waals surface area contributed by atoms with Crippen LogP contribution in [0.2, 0.25) is 0 Å². The standard InChI is InChI=1S/C31H25BrN2O2/c1-3-6-26-16-23(17-27(19-33)31(35)34-28-13-9-21(2)10-14-28)18-29(32)30(26)36-20-22-11-12-24-7-4-5-8-25(24)15-22/h3-5,7-18H,1,6,20H2,2H3,(H,34,35)/b27-17-. The van der Waals surface area contributed by atoms with Gasteiger partial charge in [0.2, 0.25) is 0 Å². The SMILES string of the molecule is C=CCc1cc(/C=C(/C#N)C(=O)Nc2ccc(C)cc2)cc(Br)c1OCc1ccc2ccccc2c1. The second-order valence-corrected chi connectivity index (χ2v) is 9.30. The fraction of sp³-hybridized carbons (Fsp3) is 0.0968. The summed E-state index contributed by atoms with van der Waals surface area (Å²) < 4.78 is 6.96. The van der Waals surface area contributed by atoms with Gasteiger partial charge in [-0.3, -0.25) is 4.79 Å². The quantitative estimate of drug-likeness (QED) is 0.142. The van der Waals surface area contributed by atoms with E-state index in [1.807, 2.05) is 61.5 Å². The van der Waals surface area contributed by atoms with Crippen LogP contribution in [0.1, 0.15) is 22.3 Å². The Morgan fingerprint density at radius 1 is 1.06 bits per heavy atom. The van der Waals surface area contributed by atoms with Gasteiger partial charge >= 0.3 is 0 Å². The first-order chi connectivity index (χ1) is 17.5. The first-order valence-electron chi connectivity index (χ1n) is 11.5. The maximum atomic E-state index is 12.7. The van der Waals surface area contributed by atoms with Gasteiger partial charge in [0, 0.05) is 5.69 Å². The molecule has 0 spiro atoms. The van der Waals surface area contributed by atoms with Crippen molar-refractivity contribution in [3.05, 3.63) is 124 Å². The summed E-state index contributed by atoms with van der Waals surface area (Å²) >= 11 is 3.62. The predicted molar refractivity (Wildman–Crippen MR) is 150 cm³/mol. The zero-order valence-corrected chi connectivity index (χ0v) is 21.5. The number of anilines is 1. The van der Waals surface area contributed by atoms with Crippen LogP contribution >= 0.6 is 15.9 Å². The van der Waals surface area contributed by atoms with Gasteiger partial charge in [-0.2, -0.15) is 5.26 Å². The van der Waals surface area contributed by atoms with Crippen LogP contribution in [-0.2, 0) is 17.8 Å². The Morgan fingerprint density at radius 2 is 1.81 bits per heavy atom. The van der Waals surface area contributed by atoms with Crippen LogP contribution in [0.3, 0.4) is 0 Å². The summed E-state index contributed by atoms with van der Waals surface area (Å²) in [5, 5.41) is 14.8. The first-order valence-corrected chi connectivity index (χ1v) is 12.3. The average Bonchev–Trinajstić information content (AvgIpc) is 2.88. The number of fused-ring (bicyclic) bond motifs is 1. The minimum atomic E-state index is -0.459. The Kier molecular flexibility index (Phi) is 7.99. The van der Waals surface area contributed by atoms with Crippen LogP contribution in [0.5, 0.6) is 5.75 Å². The number of ether oxygens (including phenoxy) is 1. The van der Waals surface area contributed by atoms with Crippen LogP contribution in [0.4, 0.5) is 5.69 Å². The highest BCUT2D eigenvalue weighted by atomic mass is 79.9. The molecule has 4 aromatic rings. The number of benzene rings is 4. The van der Waals surface area contributed by atoms with Gasteiger partial charge in [0.15, 0.2) is 0 Å². The van der Waals surface area contributed by atoms with Crippen LogP contribution in [0, 0.1) is 18.3 Å². The number of nitrogens with one attached hydrogen (secondary N) is 1. The molecule has 0 bridgehead atoms. The summed E-state index contributed by atoms with van der Waals surface area (Å²) in [6.07, 6.45) is 3.95. The second-order valence-electron chi connectivity index (χ2n) is 8.44. The molecule has 4 rings (SSSR count). The van der Waals surface area contributed by atoms with E-state index < -0.39 is 5.91 Å². The van der Waals surface area contributed by atoms with E-state index in [9.17, 15) is 10.1 Å². The Morgan fingerprint density at radius 3 is 2.53 bits per heavy atom. The normalized spacial score (nSPS) is 11.1. The van der Waals surface area contributed by atoms with Crippen LogP contribution in [0.25, 0.3) is 16.8 Å². The molecule has 4 aromatic carbocycles. The molecule has 0 aliphatic rings. The Bertz CT molecular complexity index is 1500. The third-order valence-electron chi connectivity index (χ3n) is 5.69. The van der Waals surface area contributed by atoms with Crippen molar-refractivity contribution in [2.24, 2.45) is 0 Å². The van der Waals surface area contributed by atoms with Crippen LogP contribution in [-0.4, -0.2) is 5.91 Å². The van der Waals surface area contributed by atoms with Crippen molar-refractivity contribution >= 4 is 44.4 Å². The fourth-order valence-electron chi connectivity index (χ4n) is 3.86. The highest BCUT2D eigenvalue weighted by Crippen LogP contribution is 2.33. The topological polar surface area (TPSA) is 62.1 Å². The zero-order valence-electron chi connectivity index (χ0n) is 19.9. The molecule has 0 heterocycles. The first kappa shape index (κ1) is 25.0. The highest BCUT2D eigenvalue weighted by Gasteiger charge is 2.14. The number of amides is 1. The van der Waals surface area contributed by atoms with Gasteiger partial charge in [-0.15, -0.1) is 6.58 Å². The summed E-state index contributed by atoms with van der Waals surface area (Å²) in [4.78, 5) is 12.7. The van der Waals surface area contributed by atoms with Crippen molar-refractivity contribution in [2.45, 2.75) is 20.0 Å². The van der Waals surface area contributed by atoms with Crippen molar-refractivity contribution in [1.29, 1.82) is 5.26 Å². The third kappa shape index (κ3) is 6.10. The van der Waals surface area contributed by atoms with E-state index in [0.717, 1.165) is 26.5 Å². The molecule has 0 fully saturated rings. The van der Waals surface area contributed by atoms with E-state index in [1.54, 1.807) is 12.2 Å². The number of hydrogen-bond acceptors (Lipinski definition) is 3. The lowest BCUT2D eigenvalue weighted by atomic mass is 10.0. The monoisotopic (exact) mass is 536 g/mol. The molecule has 36 heavy (non-hydrogen) atoms. The van der Waals surface area contributed by atoms with Crippen molar-refractivity contribution in [1.82, 2.24) is 0 Å². The summed E-state index contributed by atoms with van der Waals surface area (Å²) in [5.74, 6) is 0.252. The number of allylic oxidation sites excluding steroid dienone is 1. The van der Waals surface area contributed by atoms with Crippen molar-refractivity contribution in [3.8, 4) is 11.8 Å². The predicted octanol–water partition coefficient (Wildman–Crippen LogP) is 7.76. The fourth-order valence-corrected chi connectivity index (χ4v) is 4.49. The zero-order chi connectivity index (χ0) is 25.5. The van der Waals surface area contributed by atoms with E-state index in [1.165, 1.54) is 5.39 Å². The van der Waals surface area contributed by atoms with Crippen molar-refractivity contribution < 1.29 is 9.53 Å². The molecule has 0 atom stereocenters. The Hall–Kier alpha value is -4.14. The number of carbonyl (C=O) groups is 1. The lowest BCUT2D eigenvalue weighted by molar-refractivity contribution is -0.112. The number of rotatable bonds is 8. The molecular weight excluding hydrogens is 512 g/mol. The molecule has 0 aliphatic heterocycles. The van der Waals surface area contributed by atoms with Gasteiger partial charge in [0.25, 0.3) is 5.91 Å². The van der Waals surface area contributed by atoms with E-state index in [2.05, 4.69) is 58.2 Å². The number of aryl methyl sites for hydroxylation is 1. The van der Waals surface area contributed by atoms with E-state index in [0.29, 0.717) is 30.0 Å². The number of halogens is 1. The lowest BCUT2D eigenvalue weighted by Gasteiger charge is -2.14. The summed E-state index contributed by atoms with van der Waals surface area (Å²) in [7, 11) is 0. The van der Waals surface area contributed by atoms with Crippen molar-refractivity contribution in [3.63, 3.8) is 0 Å². The molecule has 0 radical (unpaired) electrons. The highest BCUT2D eigenvalue weighted by molar-refractivity contribution is 9.10. The molecule has 0 aliphatic carbocycles. The van der Waals surface area contributed by atoms with Gasteiger partial charge in [0.05, 0.1) is 4.47 Å². The van der Waals surface area contributed by atoms with Crippen molar-refractivity contribution in [2.75, 3.05) is 5.32 Å². The van der Waals surface area contributed by atoms with E-state index in [-0.39, 0.29) is 5.57 Å². The molecule has 178 valence electrons. The Labute approximate surface area is 219 Å². The maximum absolute atomic E-state index is 12.7. The molecule has 1 N–H and O–H groups in total. The molecule has 0 saturated heterocycles. The number of nitriles is 1. The van der Waals surface area contributed by atoms with E-state index >= 15 is 0 Å². The molecule has 5 heteroatoms. The Balaban J connectivity index is 1.56. The minimum absolute atomic E-state index is 0.0110. The lowest BCUT2D eigenvalue weighted by Crippen LogP contribution is -2.13. The number of carbonyl (C=O) groups excluding carboxylic acids is 1. The molecule has 1 amide bonds. The van der Waals surface area contributed by atoms with Gasteiger partial charge < -0.3 is 10.1 Å². The largest absolute Gasteiger partial charge is 0.487 e. The van der Waals surface area contributed by atoms with Gasteiger partial charge in [0.1, 0.15) is 24.0 Å². The van der Waals surface area contributed by atoms with Crippen LogP contribution < -0.4 is 10.1 Å². The molecular formula is C31H25BrN2O2. The third-order valence-corrected chi connectivity index (χ3v) is 6.28. The number of hydrogen-bond donors (Lipinski definition) is 1. The van der Waals surface area contributed by atoms with Gasteiger partial charge in [-0.25, -0.2) is 0 Å². The summed E-state index contributed by atoms with van der Waals surface area (Å²) in [6, 6.07) is 27.7. The average molecular weight is 537 g/mol. The van der Waals surface area contributed by atoms with Gasteiger partial charge in [-0.05, 0) is 93.1 Å². The molecule has 0 saturated carbocycles. The molecule has 0 aromatic heterocycles. The second kappa shape index (κ2) is 11.5. The summed E-state index contributed by atoms with van der Waals surface area (Å²) in [6.45, 7) is 6.24. The van der Waals surface area contributed by atoms with Crippen LogP contribution in [0.15, 0.2) is 102 Å². The smallest absolute Gasteiger partial charge is 0.266 e.